The first-order valence-corrected chi connectivity index (χ1v) is 62.0. The van der Waals surface area contributed by atoms with Gasteiger partial charge in [-0.1, -0.05) is 115 Å². The van der Waals surface area contributed by atoms with Gasteiger partial charge in [0.1, 0.15) is 11.5 Å². The number of fused-ring (bicyclic) bond motifs is 6. The van der Waals surface area contributed by atoms with E-state index in [4.69, 9.17) is 38.3 Å². The molecule has 0 saturated carbocycles. The van der Waals surface area contributed by atoms with E-state index in [2.05, 4.69) is 106 Å². The molecular weight excluding hydrogens is 1510 g/mol. The van der Waals surface area contributed by atoms with Crippen LogP contribution >= 0.6 is 0 Å². The highest BCUT2D eigenvalue weighted by atomic mass is 28.5. The molecule has 109 heavy (non-hydrogen) atoms. The molecule has 0 aliphatic carbocycles. The molecule has 0 radical (unpaired) electrons. The zero-order chi connectivity index (χ0) is 79.7. The van der Waals surface area contributed by atoms with E-state index >= 15 is 0 Å². The van der Waals surface area contributed by atoms with Gasteiger partial charge in [-0.05, 0) is 237 Å². The molecule has 0 fully saturated rings. The molecule has 27 heteroatoms. The summed E-state index contributed by atoms with van der Waals surface area (Å²) in [5, 5.41) is 2.16. The van der Waals surface area contributed by atoms with E-state index in [1.165, 1.54) is 33.4 Å². The average Bonchev–Trinajstić information content (AvgIpc) is 1.20. The predicted octanol–water partition coefficient (Wildman–Crippen LogP) is 17.6. The van der Waals surface area contributed by atoms with Gasteiger partial charge in [0.05, 0.1) is 34.8 Å². The van der Waals surface area contributed by atoms with Crippen molar-refractivity contribution in [2.75, 3.05) is 13.2 Å². The van der Waals surface area contributed by atoms with Gasteiger partial charge < -0.3 is 38.3 Å². The molecule has 0 bridgehead atoms. The molecule has 0 aliphatic heterocycles. The number of hydrogen-bond donors (Lipinski definition) is 0. The Kier molecular flexibility index (Phi) is 26.1. The zero-order valence-electron chi connectivity index (χ0n) is 67.7. The number of unbranched alkanes of at least 4 members (excludes halogenated alkanes) is 6. The summed E-state index contributed by atoms with van der Waals surface area (Å²) in [6.45, 7) is 43.8. The molecule has 0 spiro atoms. The summed E-state index contributed by atoms with van der Waals surface area (Å²) in [4.78, 5) is 111. The summed E-state index contributed by atoms with van der Waals surface area (Å²) >= 11 is 0. The Bertz CT molecular complexity index is 5110. The fourth-order valence-corrected chi connectivity index (χ4v) is 56.3. The van der Waals surface area contributed by atoms with E-state index in [1.54, 1.807) is 24.3 Å². The van der Waals surface area contributed by atoms with Gasteiger partial charge in [0.2, 0.25) is 0 Å². The third kappa shape index (κ3) is 20.8. The van der Waals surface area contributed by atoms with Crippen molar-refractivity contribution in [3.63, 3.8) is 0 Å². The van der Waals surface area contributed by atoms with Crippen molar-refractivity contribution >= 4 is 133 Å². The minimum atomic E-state index is -2.86. The summed E-state index contributed by atoms with van der Waals surface area (Å²) in [6, 6.07) is 33.3. The minimum Gasteiger partial charge on any atom is -0.493 e. The van der Waals surface area contributed by atoms with E-state index < -0.39 is 90.2 Å². The van der Waals surface area contributed by atoms with Crippen molar-refractivity contribution in [3.05, 3.63) is 192 Å². The lowest BCUT2D eigenvalue weighted by Crippen LogP contribution is -2.61. The summed E-state index contributed by atoms with van der Waals surface area (Å²) in [6.07, 6.45) is 8.41. The van der Waals surface area contributed by atoms with Gasteiger partial charge in [-0.3, -0.25) is 47.5 Å². The lowest BCUT2D eigenvalue weighted by atomic mass is 9.96. The third-order valence-electron chi connectivity index (χ3n) is 20.4. The van der Waals surface area contributed by atoms with Crippen molar-refractivity contribution in [2.24, 2.45) is 11.8 Å². The Hall–Kier alpha value is -6.66. The van der Waals surface area contributed by atoms with E-state index in [-0.39, 0.29) is 99.4 Å². The van der Waals surface area contributed by atoms with E-state index in [1.807, 2.05) is 86.9 Å². The molecule has 8 aromatic carbocycles. The van der Waals surface area contributed by atoms with Crippen LogP contribution in [0, 0.1) is 11.8 Å². The molecule has 0 saturated heterocycles. The molecule has 19 nitrogen and oxygen atoms in total. The second-order valence-corrected chi connectivity index (χ2v) is 64.5. The van der Waals surface area contributed by atoms with E-state index in [9.17, 15) is 38.4 Å². The minimum absolute atomic E-state index is 0.128. The SMILES string of the molecule is CC[C@H](C)COc1ccc(-c2ccc3c(=O)c4cc5c(=O)n(CCCCCC[Si](C)(C)O[Si](C)(C)O[Si](C)(C)O[Si](C)(C)O[Si](C)(C)O[Si](C)(C)O[Si](C)(C)O[Si](C)(C)CCCCCCn6c(=O)c7cc8c(=O)c9ccc(-c%10ccc(OC[C@@H](C)CC)cc%10)cc9c(=O)c8cc7c6=O)c(=O)c5cc4c(=O)c3c2)cc1. The molecule has 2 heterocycles. The van der Waals surface area contributed by atoms with Crippen molar-refractivity contribution in [1.29, 1.82) is 0 Å². The summed E-state index contributed by atoms with van der Waals surface area (Å²) in [5.41, 5.74) is 0.0199. The number of aromatic nitrogens is 2. The molecule has 0 N–H and O–H groups in total. The summed E-state index contributed by atoms with van der Waals surface area (Å²) in [7, 11) is -21.3. The first-order chi connectivity index (χ1) is 50.9. The van der Waals surface area contributed by atoms with Crippen molar-refractivity contribution in [2.45, 2.75) is 222 Å². The molecule has 2 atom stereocenters. The maximum absolute atomic E-state index is 14.1. The lowest BCUT2D eigenvalue weighted by Gasteiger charge is -2.44. The standard InChI is InChI=1S/C82H112N2O17Si8/c1-21-55(3)53-93-61-37-31-57(32-38-61)59-35-41-63-65(47-59)77(87)69-51-73-71(49-67(69)75(63)85)79(89)83(81(73)91)43-27-23-25-29-45-102(5,6)95-104(9,10)97-106(13,14)99-108(17,18)101-109(19,20)100-107(15,16)98-105(11,12)96-103(7,8)46-30-26-24-28-44-84-80(90)72-50-68-70(52-74(72)82(84)92)78(88)66-48-60(36-42-64(66)76(68)86)58-33-39-62(40-34-58)94-54-56(4)22-2/h31-42,47-52,55-56H,21-30,43-46,53-54H2,1-20H3/t55-,56-/m0/s1. The third-order valence-corrected chi connectivity index (χ3v) is 51.5. The second kappa shape index (κ2) is 33.6. The molecule has 0 aliphatic rings. The first kappa shape index (κ1) is 84.8. The summed E-state index contributed by atoms with van der Waals surface area (Å²) < 4.78 is 63.0. The van der Waals surface area contributed by atoms with E-state index in [0.29, 0.717) is 37.9 Å². The van der Waals surface area contributed by atoms with Crippen LogP contribution in [-0.4, -0.2) is 90.3 Å². The second-order valence-electron chi connectivity index (χ2n) is 33.9. The molecular formula is C82H112N2O17Si8. The molecule has 10 rings (SSSR count). The molecule has 2 aromatic heterocycles. The van der Waals surface area contributed by atoms with Crippen LogP contribution in [0.4, 0.5) is 0 Å². The van der Waals surface area contributed by atoms with Gasteiger partial charge in [-0.15, -0.1) is 0 Å². The molecule has 0 amide bonds. The highest BCUT2D eigenvalue weighted by molar-refractivity contribution is 6.92. The van der Waals surface area contributed by atoms with Crippen LogP contribution in [0.25, 0.3) is 86.9 Å². The molecule has 0 unspecified atom stereocenters. The van der Waals surface area contributed by atoms with Gasteiger partial charge >= 0.3 is 51.4 Å². The van der Waals surface area contributed by atoms with Crippen LogP contribution in [0.5, 0.6) is 11.5 Å². The van der Waals surface area contributed by atoms with E-state index in [0.717, 1.165) is 97.2 Å². The van der Waals surface area contributed by atoms with Crippen LogP contribution in [0.1, 0.15) is 91.9 Å². The maximum atomic E-state index is 14.1. The first-order valence-electron chi connectivity index (χ1n) is 38.8. The number of nitrogens with zero attached hydrogens (tertiary/aromatic N) is 2. The number of rotatable bonds is 38. The Morgan fingerprint density at radius 2 is 0.532 bits per heavy atom. The van der Waals surface area contributed by atoms with Crippen LogP contribution in [0.15, 0.2) is 148 Å². The van der Waals surface area contributed by atoms with Crippen LogP contribution < -0.4 is 53.4 Å². The Balaban J connectivity index is 0.649. The van der Waals surface area contributed by atoms with Gasteiger partial charge in [-0.2, -0.15) is 0 Å². The van der Waals surface area contributed by atoms with Crippen LogP contribution in [-0.2, 0) is 41.9 Å². The predicted molar refractivity (Wildman–Crippen MR) is 464 cm³/mol. The number of hydrogen-bond acceptors (Lipinski definition) is 17. The molecule has 10 aromatic rings. The molecule has 584 valence electrons. The average molecular weight is 1620 g/mol. The van der Waals surface area contributed by atoms with Gasteiger partial charge in [0, 0.05) is 56.2 Å². The van der Waals surface area contributed by atoms with Crippen molar-refractivity contribution in [1.82, 2.24) is 9.13 Å². The van der Waals surface area contributed by atoms with Crippen LogP contribution in [0.3, 0.4) is 0 Å². The maximum Gasteiger partial charge on any atom is 0.314 e. The Morgan fingerprint density at radius 1 is 0.284 bits per heavy atom. The largest absolute Gasteiger partial charge is 0.493 e. The monoisotopic (exact) mass is 1620 g/mol. The zero-order valence-corrected chi connectivity index (χ0v) is 75.7. The quantitative estimate of drug-likeness (QED) is 0.0199. The Labute approximate surface area is 647 Å². The van der Waals surface area contributed by atoms with Crippen molar-refractivity contribution in [3.8, 4) is 33.8 Å². The summed E-state index contributed by atoms with van der Waals surface area (Å²) in [5.74, 6) is 2.38. The highest BCUT2D eigenvalue weighted by Crippen LogP contribution is 2.34. The fourth-order valence-electron chi connectivity index (χ4n) is 15.7. The normalized spacial score (nSPS) is 13.8. The Morgan fingerprint density at radius 3 is 0.817 bits per heavy atom. The van der Waals surface area contributed by atoms with Gasteiger partial charge in [-0.25, -0.2) is 0 Å². The topological polar surface area (TPSA) is 229 Å². The number of ether oxygens (including phenoxy) is 2. The van der Waals surface area contributed by atoms with Crippen molar-refractivity contribution < 1.29 is 38.3 Å². The van der Waals surface area contributed by atoms with Gasteiger partial charge in [0.25, 0.3) is 22.2 Å². The van der Waals surface area contributed by atoms with Crippen LogP contribution in [0.2, 0.25) is 117 Å². The lowest BCUT2D eigenvalue weighted by molar-refractivity contribution is 0.256. The number of benzene rings is 8. The smallest absolute Gasteiger partial charge is 0.314 e. The fraction of sp³-hybridized carbons (Fsp3) is 0.463. The highest BCUT2D eigenvalue weighted by Gasteiger charge is 2.49. The van der Waals surface area contributed by atoms with Gasteiger partial charge in [0.15, 0.2) is 38.3 Å².